The standard InChI is InChI=1S/C31H28FN3O3/c1-4-37-26-14-27(33)35-17(3)24(26)15-34-31(36)19-9-11-21-23(13-19)30-22-12-18(8-10-20(22)29(21)38-30)28-16(2)6-5-7-25(28)32/h5-14,29-30H,4,15H2,1-3H3,(H2,33,35)(H,34,36). The number of rotatable bonds is 6. The van der Waals surface area contributed by atoms with Crippen LogP contribution >= 0.6 is 0 Å². The minimum Gasteiger partial charge on any atom is -0.493 e. The van der Waals surface area contributed by atoms with Gasteiger partial charge in [0.15, 0.2) is 0 Å². The number of carbonyl (C=O) groups excluding carboxylic acids is 1. The van der Waals surface area contributed by atoms with E-state index in [4.69, 9.17) is 15.2 Å². The van der Waals surface area contributed by atoms with Gasteiger partial charge in [0.05, 0.1) is 6.61 Å². The number of hydrogen-bond acceptors (Lipinski definition) is 5. The van der Waals surface area contributed by atoms with Gasteiger partial charge in [-0.05, 0) is 78.4 Å². The SMILES string of the molecule is CCOc1cc(N)nc(C)c1CNC(=O)c1ccc2c(c1)C1OC2c2ccc(-c3c(C)cccc3F)cc21. The van der Waals surface area contributed by atoms with Crippen molar-refractivity contribution in [3.05, 3.63) is 111 Å². The van der Waals surface area contributed by atoms with Gasteiger partial charge in [0, 0.05) is 35.0 Å². The summed E-state index contributed by atoms with van der Waals surface area (Å²) < 4.78 is 26.7. The van der Waals surface area contributed by atoms with Gasteiger partial charge in [0.2, 0.25) is 0 Å². The first-order valence-electron chi connectivity index (χ1n) is 12.7. The van der Waals surface area contributed by atoms with Crippen LogP contribution in [0.1, 0.15) is 68.6 Å². The fourth-order valence-electron chi connectivity index (χ4n) is 5.60. The maximum Gasteiger partial charge on any atom is 0.251 e. The molecule has 0 saturated heterocycles. The quantitative estimate of drug-likeness (QED) is 0.336. The third kappa shape index (κ3) is 3.90. The summed E-state index contributed by atoms with van der Waals surface area (Å²) in [6.07, 6.45) is -0.479. The smallest absolute Gasteiger partial charge is 0.251 e. The van der Waals surface area contributed by atoms with E-state index in [0.717, 1.165) is 38.9 Å². The van der Waals surface area contributed by atoms with Crippen LogP contribution in [0.25, 0.3) is 11.1 Å². The molecule has 7 heteroatoms. The summed E-state index contributed by atoms with van der Waals surface area (Å²) in [6.45, 7) is 6.40. The minimum atomic E-state index is -0.294. The highest BCUT2D eigenvalue weighted by Gasteiger charge is 2.43. The number of aromatic nitrogens is 1. The number of amides is 1. The van der Waals surface area contributed by atoms with E-state index in [9.17, 15) is 9.18 Å². The second kappa shape index (κ2) is 9.26. The second-order valence-electron chi connectivity index (χ2n) is 9.74. The highest BCUT2D eigenvalue weighted by Crippen LogP contribution is 2.55. The van der Waals surface area contributed by atoms with Gasteiger partial charge in [0.1, 0.15) is 29.6 Å². The predicted octanol–water partition coefficient (Wildman–Crippen LogP) is 5.94. The van der Waals surface area contributed by atoms with Crippen molar-refractivity contribution in [3.8, 4) is 16.9 Å². The van der Waals surface area contributed by atoms with Crippen LogP contribution in [0.4, 0.5) is 10.2 Å². The first kappa shape index (κ1) is 24.1. The van der Waals surface area contributed by atoms with Crippen LogP contribution in [0.15, 0.2) is 60.7 Å². The number of nitrogens with two attached hydrogens (primary N) is 1. The summed E-state index contributed by atoms with van der Waals surface area (Å²) in [7, 11) is 0. The van der Waals surface area contributed by atoms with Crippen LogP contribution in [0.3, 0.4) is 0 Å². The van der Waals surface area contributed by atoms with Crippen molar-refractivity contribution in [2.45, 2.75) is 39.5 Å². The van der Waals surface area contributed by atoms with Crippen LogP contribution < -0.4 is 15.8 Å². The van der Waals surface area contributed by atoms with E-state index < -0.39 is 0 Å². The van der Waals surface area contributed by atoms with E-state index >= 15 is 0 Å². The van der Waals surface area contributed by atoms with Gasteiger partial charge in [-0.25, -0.2) is 9.37 Å². The lowest BCUT2D eigenvalue weighted by molar-refractivity contribution is 0.0857. The number of halogens is 1. The molecule has 3 heterocycles. The van der Waals surface area contributed by atoms with E-state index in [2.05, 4.69) is 10.3 Å². The maximum atomic E-state index is 14.7. The molecule has 0 spiro atoms. The Bertz CT molecular complexity index is 1580. The Morgan fingerprint density at radius 3 is 2.53 bits per heavy atom. The first-order valence-corrected chi connectivity index (χ1v) is 12.7. The topological polar surface area (TPSA) is 86.5 Å². The zero-order chi connectivity index (χ0) is 26.6. The number of pyridine rings is 1. The molecule has 3 N–H and O–H groups in total. The molecule has 2 atom stereocenters. The van der Waals surface area contributed by atoms with Gasteiger partial charge >= 0.3 is 0 Å². The van der Waals surface area contributed by atoms with Gasteiger partial charge in [0.25, 0.3) is 5.91 Å². The molecule has 3 aromatic carbocycles. The van der Waals surface area contributed by atoms with Crippen molar-refractivity contribution in [1.82, 2.24) is 10.3 Å². The van der Waals surface area contributed by atoms with Gasteiger partial charge in [-0.2, -0.15) is 0 Å². The molecule has 0 radical (unpaired) electrons. The molecular weight excluding hydrogens is 481 g/mol. The fourth-order valence-corrected chi connectivity index (χ4v) is 5.60. The third-order valence-corrected chi connectivity index (χ3v) is 7.38. The van der Waals surface area contributed by atoms with E-state index in [1.54, 1.807) is 12.1 Å². The lowest BCUT2D eigenvalue weighted by Gasteiger charge is -2.18. The van der Waals surface area contributed by atoms with E-state index in [1.807, 2.05) is 63.2 Å². The van der Waals surface area contributed by atoms with Crippen molar-refractivity contribution in [1.29, 1.82) is 0 Å². The van der Waals surface area contributed by atoms with Gasteiger partial charge < -0.3 is 20.5 Å². The summed E-state index contributed by atoms with van der Waals surface area (Å²) in [5, 5.41) is 2.99. The van der Waals surface area contributed by atoms with Crippen molar-refractivity contribution in [2.24, 2.45) is 0 Å². The first-order chi connectivity index (χ1) is 18.4. The number of benzene rings is 3. The number of nitrogens with zero attached hydrogens (tertiary/aromatic N) is 1. The molecule has 4 aromatic rings. The van der Waals surface area contributed by atoms with Gasteiger partial charge in [-0.1, -0.05) is 30.3 Å². The Morgan fingerprint density at radius 2 is 1.76 bits per heavy atom. The van der Waals surface area contributed by atoms with Crippen molar-refractivity contribution in [2.75, 3.05) is 12.3 Å². The molecule has 6 nitrogen and oxygen atoms in total. The van der Waals surface area contributed by atoms with Crippen LogP contribution in [0, 0.1) is 19.7 Å². The number of anilines is 1. The fraction of sp³-hybridized carbons (Fsp3) is 0.226. The number of nitrogen functional groups attached to an aromatic ring is 1. The molecule has 0 fully saturated rings. The molecule has 2 aliphatic heterocycles. The molecule has 1 amide bonds. The second-order valence-corrected chi connectivity index (χ2v) is 9.74. The third-order valence-electron chi connectivity index (χ3n) is 7.38. The van der Waals surface area contributed by atoms with E-state index in [0.29, 0.717) is 35.0 Å². The molecule has 2 aliphatic rings. The number of ether oxygens (including phenoxy) is 2. The molecule has 38 heavy (non-hydrogen) atoms. The molecular formula is C31H28FN3O3. The van der Waals surface area contributed by atoms with Gasteiger partial charge in [-0.3, -0.25) is 4.79 Å². The monoisotopic (exact) mass is 509 g/mol. The van der Waals surface area contributed by atoms with E-state index in [1.165, 1.54) is 6.07 Å². The number of nitrogens with one attached hydrogen (secondary N) is 1. The summed E-state index contributed by atoms with van der Waals surface area (Å²) in [6, 6.07) is 18.5. The highest BCUT2D eigenvalue weighted by atomic mass is 19.1. The number of fused-ring (bicyclic) bond motifs is 8. The summed E-state index contributed by atoms with van der Waals surface area (Å²) >= 11 is 0. The Kier molecular flexibility index (Phi) is 5.88. The zero-order valence-corrected chi connectivity index (χ0v) is 21.5. The Morgan fingerprint density at radius 1 is 1.03 bits per heavy atom. The molecule has 1 aromatic heterocycles. The molecule has 2 unspecified atom stereocenters. The van der Waals surface area contributed by atoms with Crippen LogP contribution in [0.2, 0.25) is 0 Å². The van der Waals surface area contributed by atoms with Crippen LogP contribution in [0.5, 0.6) is 5.75 Å². The average molecular weight is 510 g/mol. The van der Waals surface area contributed by atoms with E-state index in [-0.39, 0.29) is 30.5 Å². The largest absolute Gasteiger partial charge is 0.493 e. The minimum absolute atomic E-state index is 0.185. The number of carbonyl (C=O) groups is 1. The molecule has 192 valence electrons. The highest BCUT2D eigenvalue weighted by molar-refractivity contribution is 5.94. The molecule has 2 bridgehead atoms. The summed E-state index contributed by atoms with van der Waals surface area (Å²) in [5.74, 6) is 0.552. The number of hydrogen-bond donors (Lipinski definition) is 2. The Balaban J connectivity index is 1.26. The molecule has 0 aliphatic carbocycles. The average Bonchev–Trinajstić information content (AvgIpc) is 3.45. The molecule has 6 rings (SSSR count). The lowest BCUT2D eigenvalue weighted by atomic mass is 9.83. The van der Waals surface area contributed by atoms with Crippen LogP contribution in [-0.2, 0) is 11.3 Å². The van der Waals surface area contributed by atoms with Crippen molar-refractivity contribution in [3.63, 3.8) is 0 Å². The Labute approximate surface area is 220 Å². The van der Waals surface area contributed by atoms with Crippen LogP contribution in [-0.4, -0.2) is 17.5 Å². The zero-order valence-electron chi connectivity index (χ0n) is 21.5. The number of aryl methyl sites for hydroxylation is 2. The van der Waals surface area contributed by atoms with Crippen molar-refractivity contribution >= 4 is 11.7 Å². The van der Waals surface area contributed by atoms with Gasteiger partial charge in [-0.15, -0.1) is 0 Å². The summed E-state index contributed by atoms with van der Waals surface area (Å²) in [5.41, 5.74) is 14.4. The molecule has 0 saturated carbocycles. The Hall–Kier alpha value is -4.23. The predicted molar refractivity (Wildman–Crippen MR) is 144 cm³/mol. The normalized spacial score (nSPS) is 16.7. The van der Waals surface area contributed by atoms with Crippen molar-refractivity contribution < 1.29 is 18.7 Å². The summed E-state index contributed by atoms with van der Waals surface area (Å²) in [4.78, 5) is 17.5. The maximum absolute atomic E-state index is 14.7. The lowest BCUT2D eigenvalue weighted by Crippen LogP contribution is -2.24.